The molecule has 1 aromatic carbocycles. The highest BCUT2D eigenvalue weighted by atomic mass is 16.5. The lowest BCUT2D eigenvalue weighted by molar-refractivity contribution is -0.151. The van der Waals surface area contributed by atoms with E-state index in [0.29, 0.717) is 19.6 Å². The molecule has 2 aromatic rings. The van der Waals surface area contributed by atoms with Crippen LogP contribution in [0.5, 0.6) is 0 Å². The molecule has 1 unspecified atom stereocenters. The van der Waals surface area contributed by atoms with Crippen LogP contribution in [0.25, 0.3) is 10.9 Å². The molecule has 1 saturated heterocycles. The van der Waals surface area contributed by atoms with Crippen LogP contribution in [-0.4, -0.2) is 41.0 Å². The Balaban J connectivity index is 1.76. The summed E-state index contributed by atoms with van der Waals surface area (Å²) in [4.78, 5) is 26.7. The number of hydrogen-bond donors (Lipinski definition) is 0. The van der Waals surface area contributed by atoms with Crippen molar-refractivity contribution < 1.29 is 14.3 Å². The lowest BCUT2D eigenvalue weighted by atomic mass is 9.97. The van der Waals surface area contributed by atoms with E-state index in [1.165, 1.54) is 0 Å². The van der Waals surface area contributed by atoms with Crippen molar-refractivity contribution in [1.29, 1.82) is 0 Å². The van der Waals surface area contributed by atoms with Crippen LogP contribution in [0.3, 0.4) is 0 Å². The quantitative estimate of drug-likeness (QED) is 0.803. The molecule has 1 aromatic heterocycles. The normalized spacial score (nSPS) is 17.7. The first-order valence-corrected chi connectivity index (χ1v) is 9.00. The van der Waals surface area contributed by atoms with Gasteiger partial charge in [0.05, 0.1) is 18.9 Å². The Bertz CT molecular complexity index is 794. The van der Waals surface area contributed by atoms with Crippen molar-refractivity contribution >= 4 is 22.8 Å². The van der Waals surface area contributed by atoms with Gasteiger partial charge in [-0.05, 0) is 38.3 Å². The van der Waals surface area contributed by atoms with Gasteiger partial charge in [0.15, 0.2) is 0 Å². The molecule has 25 heavy (non-hydrogen) atoms. The van der Waals surface area contributed by atoms with Gasteiger partial charge < -0.3 is 14.2 Å². The van der Waals surface area contributed by atoms with Crippen molar-refractivity contribution in [1.82, 2.24) is 9.47 Å². The first-order valence-electron chi connectivity index (χ1n) is 9.00. The maximum absolute atomic E-state index is 12.9. The second-order valence-corrected chi connectivity index (χ2v) is 6.75. The molecule has 1 fully saturated rings. The highest BCUT2D eigenvalue weighted by Crippen LogP contribution is 2.26. The molecule has 1 aliphatic rings. The van der Waals surface area contributed by atoms with Gasteiger partial charge in [0.1, 0.15) is 0 Å². The standard InChI is InChI=1S/C20H26N2O3/c1-4-25-20(24)15-8-7-11-22(13-15)19(23)12-17-14(2)21(3)18-10-6-5-9-16(17)18/h5-6,9-10,15H,4,7-8,11-13H2,1-3H3. The average molecular weight is 342 g/mol. The first-order chi connectivity index (χ1) is 12.0. The number of esters is 1. The van der Waals surface area contributed by atoms with Gasteiger partial charge in [0.2, 0.25) is 5.91 Å². The molecule has 0 saturated carbocycles. The summed E-state index contributed by atoms with van der Waals surface area (Å²) in [5.41, 5.74) is 3.35. The van der Waals surface area contributed by atoms with Gasteiger partial charge in [-0.25, -0.2) is 0 Å². The summed E-state index contributed by atoms with van der Waals surface area (Å²) in [5, 5.41) is 1.13. The van der Waals surface area contributed by atoms with Gasteiger partial charge in [0, 0.05) is 36.7 Å². The minimum Gasteiger partial charge on any atom is -0.466 e. The third kappa shape index (κ3) is 3.41. The Labute approximate surface area is 148 Å². The molecule has 1 aliphatic heterocycles. The number of amides is 1. The number of nitrogens with zero attached hydrogens (tertiary/aromatic N) is 2. The number of fused-ring (bicyclic) bond motifs is 1. The maximum atomic E-state index is 12.9. The van der Waals surface area contributed by atoms with Gasteiger partial charge in [-0.15, -0.1) is 0 Å². The Morgan fingerprint density at radius 1 is 1.28 bits per heavy atom. The zero-order valence-electron chi connectivity index (χ0n) is 15.2. The molecule has 5 nitrogen and oxygen atoms in total. The topological polar surface area (TPSA) is 51.5 Å². The maximum Gasteiger partial charge on any atom is 0.310 e. The van der Waals surface area contributed by atoms with E-state index >= 15 is 0 Å². The van der Waals surface area contributed by atoms with E-state index in [1.807, 2.05) is 31.0 Å². The number of likely N-dealkylation sites (tertiary alicyclic amines) is 1. The molecule has 2 heterocycles. The molecule has 0 aliphatic carbocycles. The second-order valence-electron chi connectivity index (χ2n) is 6.75. The van der Waals surface area contributed by atoms with Crippen LogP contribution in [0, 0.1) is 12.8 Å². The van der Waals surface area contributed by atoms with Crippen LogP contribution < -0.4 is 0 Å². The van der Waals surface area contributed by atoms with E-state index in [0.717, 1.165) is 41.5 Å². The second kappa shape index (κ2) is 7.30. The van der Waals surface area contributed by atoms with Gasteiger partial charge in [0.25, 0.3) is 0 Å². The zero-order chi connectivity index (χ0) is 18.0. The van der Waals surface area contributed by atoms with Crippen molar-refractivity contribution in [2.75, 3.05) is 19.7 Å². The number of hydrogen-bond acceptors (Lipinski definition) is 3. The molecule has 5 heteroatoms. The van der Waals surface area contributed by atoms with Crippen LogP contribution in [0.2, 0.25) is 0 Å². The minimum atomic E-state index is -0.189. The lowest BCUT2D eigenvalue weighted by Gasteiger charge is -2.31. The van der Waals surface area contributed by atoms with E-state index in [1.54, 1.807) is 0 Å². The fraction of sp³-hybridized carbons (Fsp3) is 0.500. The van der Waals surface area contributed by atoms with E-state index in [9.17, 15) is 9.59 Å². The molecule has 134 valence electrons. The van der Waals surface area contributed by atoms with Gasteiger partial charge >= 0.3 is 5.97 Å². The van der Waals surface area contributed by atoms with Crippen LogP contribution in [-0.2, 0) is 27.8 Å². The van der Waals surface area contributed by atoms with Crippen LogP contribution in [0.15, 0.2) is 24.3 Å². The summed E-state index contributed by atoms with van der Waals surface area (Å²) in [6.07, 6.45) is 2.03. The number of carbonyl (C=O) groups excluding carboxylic acids is 2. The molecule has 0 N–H and O–H groups in total. The van der Waals surface area contributed by atoms with Crippen molar-refractivity contribution in [2.24, 2.45) is 13.0 Å². The summed E-state index contributed by atoms with van der Waals surface area (Å²) < 4.78 is 7.26. The Morgan fingerprint density at radius 2 is 2.04 bits per heavy atom. The van der Waals surface area contributed by atoms with Gasteiger partial charge in [-0.2, -0.15) is 0 Å². The largest absolute Gasteiger partial charge is 0.466 e. The molecule has 0 spiro atoms. The molecular weight excluding hydrogens is 316 g/mol. The van der Waals surface area contributed by atoms with Crippen LogP contribution in [0.4, 0.5) is 0 Å². The summed E-state index contributed by atoms with van der Waals surface area (Å²) in [7, 11) is 2.03. The molecule has 1 amide bonds. The highest BCUT2D eigenvalue weighted by molar-refractivity contribution is 5.91. The number of rotatable bonds is 4. The fourth-order valence-electron chi connectivity index (χ4n) is 3.74. The Hall–Kier alpha value is -2.30. The Kier molecular flexibility index (Phi) is 5.11. The average Bonchev–Trinajstić information content (AvgIpc) is 2.87. The number of benzene rings is 1. The van der Waals surface area contributed by atoms with Crippen molar-refractivity contribution in [3.8, 4) is 0 Å². The molecule has 1 atom stereocenters. The Morgan fingerprint density at radius 3 is 2.80 bits per heavy atom. The SMILES string of the molecule is CCOC(=O)C1CCCN(C(=O)Cc2c(C)n(C)c3ccccc23)C1. The van der Waals surface area contributed by atoms with Crippen LogP contribution >= 0.6 is 0 Å². The summed E-state index contributed by atoms with van der Waals surface area (Å²) in [6.45, 7) is 5.45. The molecule has 0 radical (unpaired) electrons. The number of ether oxygens (including phenoxy) is 1. The third-order valence-electron chi connectivity index (χ3n) is 5.25. The molecule has 0 bridgehead atoms. The fourth-order valence-corrected chi connectivity index (χ4v) is 3.74. The summed E-state index contributed by atoms with van der Waals surface area (Å²) >= 11 is 0. The lowest BCUT2D eigenvalue weighted by Crippen LogP contribution is -2.43. The van der Waals surface area contributed by atoms with E-state index < -0.39 is 0 Å². The van der Waals surface area contributed by atoms with E-state index in [-0.39, 0.29) is 17.8 Å². The van der Waals surface area contributed by atoms with Crippen LogP contribution in [0.1, 0.15) is 31.0 Å². The van der Waals surface area contributed by atoms with Gasteiger partial charge in [-0.3, -0.25) is 9.59 Å². The predicted molar refractivity (Wildman–Crippen MR) is 97.3 cm³/mol. The highest BCUT2D eigenvalue weighted by Gasteiger charge is 2.29. The number of piperidine rings is 1. The monoisotopic (exact) mass is 342 g/mol. The number of aromatic nitrogens is 1. The van der Waals surface area contributed by atoms with Crippen molar-refractivity contribution in [3.63, 3.8) is 0 Å². The predicted octanol–water partition coefficient (Wildman–Crippen LogP) is 2.83. The smallest absolute Gasteiger partial charge is 0.310 e. The van der Waals surface area contributed by atoms with E-state index in [4.69, 9.17) is 4.74 Å². The summed E-state index contributed by atoms with van der Waals surface area (Å²) in [5.74, 6) is -0.277. The number of aryl methyl sites for hydroxylation is 1. The number of para-hydroxylation sites is 1. The van der Waals surface area contributed by atoms with Gasteiger partial charge in [-0.1, -0.05) is 18.2 Å². The molecular formula is C20H26N2O3. The summed E-state index contributed by atoms with van der Waals surface area (Å²) in [6, 6.07) is 8.17. The third-order valence-corrected chi connectivity index (χ3v) is 5.25. The zero-order valence-corrected chi connectivity index (χ0v) is 15.2. The number of carbonyl (C=O) groups is 2. The van der Waals surface area contributed by atoms with Crippen molar-refractivity contribution in [2.45, 2.75) is 33.1 Å². The minimum absolute atomic E-state index is 0.0912. The van der Waals surface area contributed by atoms with E-state index in [2.05, 4.69) is 23.6 Å². The first kappa shape index (κ1) is 17.5. The van der Waals surface area contributed by atoms with Crippen molar-refractivity contribution in [3.05, 3.63) is 35.5 Å². The molecule has 3 rings (SSSR count).